The summed E-state index contributed by atoms with van der Waals surface area (Å²) < 4.78 is 0. The van der Waals surface area contributed by atoms with Gasteiger partial charge in [0.15, 0.2) is 0 Å². The average Bonchev–Trinajstić information content (AvgIpc) is 2.68. The van der Waals surface area contributed by atoms with Crippen molar-refractivity contribution in [3.05, 3.63) is 30.1 Å². The van der Waals surface area contributed by atoms with E-state index in [1.54, 1.807) is 0 Å². The van der Waals surface area contributed by atoms with E-state index < -0.39 is 0 Å². The van der Waals surface area contributed by atoms with Crippen molar-refractivity contribution in [1.82, 2.24) is 10.3 Å². The zero-order chi connectivity index (χ0) is 12.8. The van der Waals surface area contributed by atoms with Crippen LogP contribution in [0.15, 0.2) is 24.4 Å². The van der Waals surface area contributed by atoms with Crippen LogP contribution in [0.2, 0.25) is 0 Å². The number of rotatable bonds is 4. The second kappa shape index (κ2) is 6.89. The molecule has 1 aromatic rings. The first-order valence-electron chi connectivity index (χ1n) is 7.44. The maximum atomic E-state index is 4.43. The summed E-state index contributed by atoms with van der Waals surface area (Å²) in [5.74, 6) is 0.846. The van der Waals surface area contributed by atoms with Crippen molar-refractivity contribution < 1.29 is 0 Å². The summed E-state index contributed by atoms with van der Waals surface area (Å²) in [7, 11) is 0. The highest BCUT2D eigenvalue weighted by molar-refractivity contribution is 5.07. The standard InChI is InChI=1S/C16H26N2/c1-13(15-9-5-3-4-6-10-15)18-14(2)16-11-7-8-12-17-16/h7-8,11-15,18H,3-6,9-10H2,1-2H3/t13-,14?/m0/s1. The predicted octanol–water partition coefficient (Wildman–Crippen LogP) is 4.09. The Morgan fingerprint density at radius 3 is 2.44 bits per heavy atom. The van der Waals surface area contributed by atoms with Crippen LogP contribution >= 0.6 is 0 Å². The summed E-state index contributed by atoms with van der Waals surface area (Å²) in [6.07, 6.45) is 10.3. The molecule has 0 aromatic carbocycles. The summed E-state index contributed by atoms with van der Waals surface area (Å²) in [5.41, 5.74) is 1.15. The minimum atomic E-state index is 0.351. The first-order chi connectivity index (χ1) is 8.77. The van der Waals surface area contributed by atoms with E-state index in [2.05, 4.69) is 36.3 Å². The smallest absolute Gasteiger partial charge is 0.0570 e. The van der Waals surface area contributed by atoms with Crippen LogP contribution in [0, 0.1) is 5.92 Å². The summed E-state index contributed by atoms with van der Waals surface area (Å²) in [6.45, 7) is 4.56. The Morgan fingerprint density at radius 2 is 1.83 bits per heavy atom. The molecule has 0 spiro atoms. The number of aromatic nitrogens is 1. The molecule has 2 atom stereocenters. The number of nitrogens with zero attached hydrogens (tertiary/aromatic N) is 1. The molecule has 1 fully saturated rings. The Labute approximate surface area is 111 Å². The van der Waals surface area contributed by atoms with Gasteiger partial charge in [-0.25, -0.2) is 0 Å². The van der Waals surface area contributed by atoms with Gasteiger partial charge < -0.3 is 5.32 Å². The molecule has 1 N–H and O–H groups in total. The van der Waals surface area contributed by atoms with Gasteiger partial charge in [0.2, 0.25) is 0 Å². The maximum absolute atomic E-state index is 4.43. The molecule has 2 rings (SSSR count). The predicted molar refractivity (Wildman–Crippen MR) is 76.4 cm³/mol. The van der Waals surface area contributed by atoms with E-state index in [-0.39, 0.29) is 0 Å². The lowest BCUT2D eigenvalue weighted by Gasteiger charge is -2.27. The zero-order valence-corrected chi connectivity index (χ0v) is 11.7. The molecule has 1 aromatic heterocycles. The van der Waals surface area contributed by atoms with Crippen LogP contribution < -0.4 is 5.32 Å². The second-order valence-electron chi connectivity index (χ2n) is 5.68. The molecule has 18 heavy (non-hydrogen) atoms. The number of hydrogen-bond acceptors (Lipinski definition) is 2. The van der Waals surface area contributed by atoms with Gasteiger partial charge in [0.25, 0.3) is 0 Å². The molecule has 100 valence electrons. The summed E-state index contributed by atoms with van der Waals surface area (Å²) in [6, 6.07) is 7.10. The van der Waals surface area contributed by atoms with E-state index in [1.807, 2.05) is 12.3 Å². The quantitative estimate of drug-likeness (QED) is 0.809. The van der Waals surface area contributed by atoms with Crippen LogP contribution in [0.5, 0.6) is 0 Å². The van der Waals surface area contributed by atoms with Gasteiger partial charge in [-0.3, -0.25) is 4.98 Å². The van der Waals surface area contributed by atoms with Crippen LogP contribution in [-0.2, 0) is 0 Å². The lowest BCUT2D eigenvalue weighted by Crippen LogP contribution is -2.35. The van der Waals surface area contributed by atoms with Crippen molar-refractivity contribution in [2.45, 2.75) is 64.5 Å². The largest absolute Gasteiger partial charge is 0.306 e. The van der Waals surface area contributed by atoms with Crippen LogP contribution in [0.1, 0.15) is 64.1 Å². The van der Waals surface area contributed by atoms with Gasteiger partial charge in [0, 0.05) is 18.3 Å². The van der Waals surface area contributed by atoms with Crippen LogP contribution in [0.4, 0.5) is 0 Å². The Kier molecular flexibility index (Phi) is 5.18. The van der Waals surface area contributed by atoms with E-state index in [9.17, 15) is 0 Å². The zero-order valence-electron chi connectivity index (χ0n) is 11.7. The van der Waals surface area contributed by atoms with Crippen molar-refractivity contribution in [2.75, 3.05) is 0 Å². The van der Waals surface area contributed by atoms with Gasteiger partial charge in [-0.1, -0.05) is 31.7 Å². The Bertz CT molecular complexity index is 328. The Morgan fingerprint density at radius 1 is 1.11 bits per heavy atom. The van der Waals surface area contributed by atoms with E-state index >= 15 is 0 Å². The van der Waals surface area contributed by atoms with Gasteiger partial charge in [0.05, 0.1) is 5.69 Å². The summed E-state index contributed by atoms with van der Waals surface area (Å²) in [5, 5.41) is 3.73. The molecule has 0 bridgehead atoms. The first-order valence-corrected chi connectivity index (χ1v) is 7.44. The van der Waals surface area contributed by atoms with E-state index in [1.165, 1.54) is 38.5 Å². The fourth-order valence-corrected chi connectivity index (χ4v) is 3.06. The first kappa shape index (κ1) is 13.5. The Balaban J connectivity index is 1.88. The molecular formula is C16H26N2. The fraction of sp³-hybridized carbons (Fsp3) is 0.688. The van der Waals surface area contributed by atoms with Crippen molar-refractivity contribution >= 4 is 0 Å². The van der Waals surface area contributed by atoms with Crippen LogP contribution in [0.3, 0.4) is 0 Å². The van der Waals surface area contributed by atoms with Gasteiger partial charge in [-0.05, 0) is 44.7 Å². The molecule has 0 amide bonds. The molecule has 2 nitrogen and oxygen atoms in total. The van der Waals surface area contributed by atoms with Crippen molar-refractivity contribution in [3.63, 3.8) is 0 Å². The number of hydrogen-bond donors (Lipinski definition) is 1. The van der Waals surface area contributed by atoms with Gasteiger partial charge >= 0.3 is 0 Å². The van der Waals surface area contributed by atoms with Crippen LogP contribution in [0.25, 0.3) is 0 Å². The monoisotopic (exact) mass is 246 g/mol. The minimum absolute atomic E-state index is 0.351. The van der Waals surface area contributed by atoms with Crippen LogP contribution in [-0.4, -0.2) is 11.0 Å². The number of nitrogens with one attached hydrogen (secondary N) is 1. The highest BCUT2D eigenvalue weighted by Crippen LogP contribution is 2.26. The van der Waals surface area contributed by atoms with E-state index in [4.69, 9.17) is 0 Å². The molecule has 1 aliphatic rings. The minimum Gasteiger partial charge on any atom is -0.306 e. The fourth-order valence-electron chi connectivity index (χ4n) is 3.06. The van der Waals surface area contributed by atoms with Gasteiger partial charge in [-0.15, -0.1) is 0 Å². The highest BCUT2D eigenvalue weighted by Gasteiger charge is 2.20. The molecule has 1 heterocycles. The second-order valence-corrected chi connectivity index (χ2v) is 5.68. The van der Waals surface area contributed by atoms with Crippen molar-refractivity contribution in [2.24, 2.45) is 5.92 Å². The van der Waals surface area contributed by atoms with Crippen molar-refractivity contribution in [1.29, 1.82) is 0 Å². The highest BCUT2D eigenvalue weighted by atomic mass is 15.0. The molecule has 0 saturated heterocycles. The number of pyridine rings is 1. The van der Waals surface area contributed by atoms with Gasteiger partial charge in [0.1, 0.15) is 0 Å². The third-order valence-corrected chi connectivity index (χ3v) is 4.25. The lowest BCUT2D eigenvalue weighted by atomic mass is 9.92. The molecule has 0 radical (unpaired) electrons. The molecule has 0 aliphatic heterocycles. The third kappa shape index (κ3) is 3.81. The molecule has 1 unspecified atom stereocenters. The maximum Gasteiger partial charge on any atom is 0.0570 e. The third-order valence-electron chi connectivity index (χ3n) is 4.25. The molecular weight excluding hydrogens is 220 g/mol. The Hall–Kier alpha value is -0.890. The summed E-state index contributed by atoms with van der Waals surface area (Å²) >= 11 is 0. The lowest BCUT2D eigenvalue weighted by molar-refractivity contribution is 0.314. The molecule has 1 aliphatic carbocycles. The normalized spacial score (nSPS) is 21.2. The van der Waals surface area contributed by atoms with E-state index in [0.29, 0.717) is 12.1 Å². The van der Waals surface area contributed by atoms with Gasteiger partial charge in [-0.2, -0.15) is 0 Å². The topological polar surface area (TPSA) is 24.9 Å². The molecule has 1 saturated carbocycles. The van der Waals surface area contributed by atoms with E-state index in [0.717, 1.165) is 11.6 Å². The summed E-state index contributed by atoms with van der Waals surface area (Å²) in [4.78, 5) is 4.43. The average molecular weight is 246 g/mol. The SMILES string of the molecule is CC(N[C@@H](C)C1CCCCCC1)c1ccccn1. The molecule has 2 heteroatoms. The van der Waals surface area contributed by atoms with Crippen molar-refractivity contribution in [3.8, 4) is 0 Å².